The average molecular weight is 303 g/mol. The number of ether oxygens (including phenoxy) is 1. The third kappa shape index (κ3) is 4.41. The Hall–Kier alpha value is -1.65. The summed E-state index contributed by atoms with van der Waals surface area (Å²) in [7, 11) is 1.42. The summed E-state index contributed by atoms with van der Waals surface area (Å²) in [6, 6.07) is 10.2. The summed E-state index contributed by atoms with van der Waals surface area (Å²) in [5.41, 5.74) is 3.59. The Morgan fingerprint density at radius 1 is 1.14 bits per heavy atom. The van der Waals surface area contributed by atoms with Crippen molar-refractivity contribution >= 4 is 17.3 Å². The predicted molar refractivity (Wildman–Crippen MR) is 86.4 cm³/mol. The fourth-order valence-corrected chi connectivity index (χ4v) is 3.22. The normalized spacial score (nSPS) is 10.6. The third-order valence-corrected chi connectivity index (χ3v) is 4.46. The number of nitrogens with one attached hydrogen (secondary N) is 1. The first-order chi connectivity index (χ1) is 10.2. The molecule has 1 aromatic carbocycles. The fraction of sp³-hybridized carbons (Fsp3) is 0.353. The molecule has 2 aromatic rings. The van der Waals surface area contributed by atoms with Gasteiger partial charge in [-0.2, -0.15) is 0 Å². The van der Waals surface area contributed by atoms with E-state index in [1.165, 1.54) is 17.6 Å². The number of rotatable bonds is 7. The van der Waals surface area contributed by atoms with E-state index in [-0.39, 0.29) is 5.97 Å². The Bertz CT molecular complexity index is 592. The number of hydrogen-bond acceptors (Lipinski definition) is 4. The van der Waals surface area contributed by atoms with Gasteiger partial charge in [-0.15, -0.1) is 11.3 Å². The standard InChI is InChI=1S/C17H21NO2S/c1-3-13-8-9-21-16(13)12-18-11-15-7-5-4-6-14(15)10-17(19)20-2/h4-9,18H,3,10-12H2,1-2H3. The topological polar surface area (TPSA) is 38.3 Å². The van der Waals surface area contributed by atoms with Crippen molar-refractivity contribution in [3.05, 3.63) is 57.3 Å². The van der Waals surface area contributed by atoms with Crippen molar-refractivity contribution in [1.29, 1.82) is 0 Å². The van der Waals surface area contributed by atoms with E-state index in [4.69, 9.17) is 4.74 Å². The van der Waals surface area contributed by atoms with Crippen molar-refractivity contribution in [1.82, 2.24) is 5.32 Å². The number of benzene rings is 1. The quantitative estimate of drug-likeness (QED) is 0.798. The highest BCUT2D eigenvalue weighted by Crippen LogP contribution is 2.17. The van der Waals surface area contributed by atoms with Gasteiger partial charge in [0.15, 0.2) is 0 Å². The van der Waals surface area contributed by atoms with Gasteiger partial charge in [0.2, 0.25) is 0 Å². The van der Waals surface area contributed by atoms with E-state index in [1.54, 1.807) is 11.3 Å². The van der Waals surface area contributed by atoms with Crippen LogP contribution in [0.25, 0.3) is 0 Å². The van der Waals surface area contributed by atoms with Crippen LogP contribution < -0.4 is 5.32 Å². The molecule has 0 aliphatic heterocycles. The molecule has 0 aliphatic carbocycles. The highest BCUT2D eigenvalue weighted by atomic mass is 32.1. The first-order valence-electron chi connectivity index (χ1n) is 7.14. The largest absolute Gasteiger partial charge is 0.469 e. The van der Waals surface area contributed by atoms with E-state index in [0.29, 0.717) is 6.42 Å². The van der Waals surface area contributed by atoms with Gasteiger partial charge in [-0.3, -0.25) is 4.79 Å². The Labute approximate surface area is 130 Å². The van der Waals surface area contributed by atoms with E-state index in [9.17, 15) is 4.79 Å². The minimum absolute atomic E-state index is 0.200. The van der Waals surface area contributed by atoms with Crippen molar-refractivity contribution in [2.45, 2.75) is 32.9 Å². The van der Waals surface area contributed by atoms with Gasteiger partial charge in [-0.1, -0.05) is 31.2 Å². The van der Waals surface area contributed by atoms with Gasteiger partial charge in [0.25, 0.3) is 0 Å². The minimum Gasteiger partial charge on any atom is -0.469 e. The molecule has 0 atom stereocenters. The molecule has 0 radical (unpaired) electrons. The van der Waals surface area contributed by atoms with E-state index in [1.807, 2.05) is 18.2 Å². The van der Waals surface area contributed by atoms with Gasteiger partial charge in [-0.25, -0.2) is 0 Å². The summed E-state index contributed by atoms with van der Waals surface area (Å²) in [6.45, 7) is 3.80. The highest BCUT2D eigenvalue weighted by molar-refractivity contribution is 7.10. The molecule has 0 saturated carbocycles. The summed E-state index contributed by atoms with van der Waals surface area (Å²) in [5, 5.41) is 5.61. The highest BCUT2D eigenvalue weighted by Gasteiger charge is 2.08. The molecule has 0 bridgehead atoms. The Kier molecular flexibility index (Phi) is 5.96. The lowest BCUT2D eigenvalue weighted by molar-refractivity contribution is -0.139. The van der Waals surface area contributed by atoms with E-state index < -0.39 is 0 Å². The van der Waals surface area contributed by atoms with Gasteiger partial charge in [0.05, 0.1) is 13.5 Å². The van der Waals surface area contributed by atoms with Crippen molar-refractivity contribution in [2.24, 2.45) is 0 Å². The van der Waals surface area contributed by atoms with Crippen LogP contribution in [0.15, 0.2) is 35.7 Å². The van der Waals surface area contributed by atoms with E-state index in [0.717, 1.165) is 30.6 Å². The molecular formula is C17H21NO2S. The second-order valence-electron chi connectivity index (χ2n) is 4.85. The molecular weight excluding hydrogens is 282 g/mol. The monoisotopic (exact) mass is 303 g/mol. The van der Waals surface area contributed by atoms with Crippen LogP contribution in [0.5, 0.6) is 0 Å². The third-order valence-electron chi connectivity index (χ3n) is 3.50. The molecule has 3 nitrogen and oxygen atoms in total. The summed E-state index contributed by atoms with van der Waals surface area (Å²) in [4.78, 5) is 12.8. The number of aryl methyl sites for hydroxylation is 1. The molecule has 0 amide bonds. The molecule has 0 spiro atoms. The van der Waals surface area contributed by atoms with Crippen LogP contribution in [-0.2, 0) is 35.5 Å². The van der Waals surface area contributed by atoms with Gasteiger partial charge in [0, 0.05) is 18.0 Å². The fourth-order valence-electron chi connectivity index (χ4n) is 2.28. The van der Waals surface area contributed by atoms with Gasteiger partial charge in [0.1, 0.15) is 0 Å². The maximum atomic E-state index is 11.4. The zero-order valence-corrected chi connectivity index (χ0v) is 13.3. The molecule has 1 heterocycles. The molecule has 1 N–H and O–H groups in total. The number of carbonyl (C=O) groups excluding carboxylic acids is 1. The van der Waals surface area contributed by atoms with Gasteiger partial charge >= 0.3 is 5.97 Å². The van der Waals surface area contributed by atoms with Gasteiger partial charge < -0.3 is 10.1 Å². The summed E-state index contributed by atoms with van der Waals surface area (Å²) >= 11 is 1.79. The molecule has 0 unspecified atom stereocenters. The predicted octanol–water partition coefficient (Wildman–Crippen LogP) is 3.32. The zero-order valence-electron chi connectivity index (χ0n) is 12.5. The van der Waals surface area contributed by atoms with Crippen LogP contribution in [0.3, 0.4) is 0 Å². The first-order valence-corrected chi connectivity index (χ1v) is 8.02. The Morgan fingerprint density at radius 3 is 2.62 bits per heavy atom. The second kappa shape index (κ2) is 7.96. The van der Waals surface area contributed by atoms with Crippen LogP contribution in [-0.4, -0.2) is 13.1 Å². The molecule has 1 aromatic heterocycles. The van der Waals surface area contributed by atoms with Crippen LogP contribution in [0.4, 0.5) is 0 Å². The van der Waals surface area contributed by atoms with Crippen LogP contribution in [0.2, 0.25) is 0 Å². The maximum absolute atomic E-state index is 11.4. The van der Waals surface area contributed by atoms with Crippen molar-refractivity contribution in [3.63, 3.8) is 0 Å². The van der Waals surface area contributed by atoms with E-state index >= 15 is 0 Å². The lowest BCUT2D eigenvalue weighted by Gasteiger charge is -2.10. The summed E-state index contributed by atoms with van der Waals surface area (Å²) < 4.78 is 4.75. The maximum Gasteiger partial charge on any atom is 0.309 e. The number of esters is 1. The lowest BCUT2D eigenvalue weighted by atomic mass is 10.0. The molecule has 0 aliphatic rings. The van der Waals surface area contributed by atoms with Crippen molar-refractivity contribution < 1.29 is 9.53 Å². The molecule has 21 heavy (non-hydrogen) atoms. The molecule has 0 saturated heterocycles. The van der Waals surface area contributed by atoms with Crippen LogP contribution in [0, 0.1) is 0 Å². The molecule has 2 rings (SSSR count). The van der Waals surface area contributed by atoms with E-state index in [2.05, 4.69) is 29.8 Å². The zero-order chi connectivity index (χ0) is 15.1. The van der Waals surface area contributed by atoms with Crippen LogP contribution >= 0.6 is 11.3 Å². The number of carbonyl (C=O) groups is 1. The number of methoxy groups -OCH3 is 1. The SMILES string of the molecule is CCc1ccsc1CNCc1ccccc1CC(=O)OC. The first kappa shape index (κ1) is 15.7. The number of thiophene rings is 1. The number of hydrogen-bond donors (Lipinski definition) is 1. The average Bonchev–Trinajstić information content (AvgIpc) is 2.96. The Balaban J connectivity index is 1.95. The molecule has 4 heteroatoms. The van der Waals surface area contributed by atoms with Crippen LogP contribution in [0.1, 0.15) is 28.5 Å². The second-order valence-corrected chi connectivity index (χ2v) is 5.85. The van der Waals surface area contributed by atoms with Gasteiger partial charge in [-0.05, 0) is 34.6 Å². The molecule has 112 valence electrons. The smallest absolute Gasteiger partial charge is 0.309 e. The molecule has 0 fully saturated rings. The lowest BCUT2D eigenvalue weighted by Crippen LogP contribution is -2.15. The minimum atomic E-state index is -0.200. The van der Waals surface area contributed by atoms with Crippen molar-refractivity contribution in [3.8, 4) is 0 Å². The van der Waals surface area contributed by atoms with Crippen molar-refractivity contribution in [2.75, 3.05) is 7.11 Å². The summed E-state index contributed by atoms with van der Waals surface area (Å²) in [6.07, 6.45) is 1.40. The summed E-state index contributed by atoms with van der Waals surface area (Å²) in [5.74, 6) is -0.200. The Morgan fingerprint density at radius 2 is 1.90 bits per heavy atom.